The summed E-state index contributed by atoms with van der Waals surface area (Å²) in [5.74, 6) is 2.06. The molecule has 20 heavy (non-hydrogen) atoms. The highest BCUT2D eigenvalue weighted by Gasteiger charge is 2.29. The molecule has 0 radical (unpaired) electrons. The van der Waals surface area contributed by atoms with E-state index in [9.17, 15) is 18.0 Å². The average molecular weight is 284 g/mol. The second kappa shape index (κ2) is 6.96. The van der Waals surface area contributed by atoms with Gasteiger partial charge in [0.2, 0.25) is 5.91 Å². The van der Waals surface area contributed by atoms with Crippen LogP contribution in [0, 0.1) is 12.3 Å². The summed E-state index contributed by atoms with van der Waals surface area (Å²) in [6.07, 6.45) is 0.676. The Bertz CT molecular complexity index is 489. The Morgan fingerprint density at radius 2 is 1.95 bits per heavy atom. The third-order valence-electron chi connectivity index (χ3n) is 2.53. The van der Waals surface area contributed by atoms with Gasteiger partial charge in [0.25, 0.3) is 0 Å². The Morgan fingerprint density at radius 1 is 1.35 bits per heavy atom. The fourth-order valence-electron chi connectivity index (χ4n) is 1.62. The highest BCUT2D eigenvalue weighted by atomic mass is 19.4. The lowest BCUT2D eigenvalue weighted by Gasteiger charge is -2.16. The van der Waals surface area contributed by atoms with Crippen LogP contribution in [0.3, 0.4) is 0 Å². The van der Waals surface area contributed by atoms with Gasteiger partial charge in [0.05, 0.1) is 18.7 Å². The summed E-state index contributed by atoms with van der Waals surface area (Å²) in [4.78, 5) is 13.1. The SMILES string of the molecule is C#CCNC(=O)CN(C)Cc1ccc(C(F)(F)F)cc1. The summed E-state index contributed by atoms with van der Waals surface area (Å²) in [6.45, 7) is 0.664. The number of terminal acetylenes is 1. The fourth-order valence-corrected chi connectivity index (χ4v) is 1.62. The van der Waals surface area contributed by atoms with Crippen molar-refractivity contribution in [3.8, 4) is 12.3 Å². The lowest BCUT2D eigenvalue weighted by molar-refractivity contribution is -0.137. The second-order valence-electron chi connectivity index (χ2n) is 4.35. The zero-order chi connectivity index (χ0) is 15.2. The molecule has 0 saturated heterocycles. The van der Waals surface area contributed by atoms with Crippen LogP contribution in [0.2, 0.25) is 0 Å². The minimum Gasteiger partial charge on any atom is -0.344 e. The van der Waals surface area contributed by atoms with E-state index in [1.54, 1.807) is 11.9 Å². The average Bonchev–Trinajstić information content (AvgIpc) is 2.35. The molecule has 6 heteroatoms. The number of nitrogens with zero attached hydrogens (tertiary/aromatic N) is 1. The third kappa shape index (κ3) is 5.33. The number of likely N-dealkylation sites (N-methyl/N-ethyl adjacent to an activating group) is 1. The number of carbonyl (C=O) groups excluding carboxylic acids is 1. The first-order chi connectivity index (χ1) is 9.32. The Morgan fingerprint density at radius 3 is 2.45 bits per heavy atom. The molecule has 0 aliphatic heterocycles. The Balaban J connectivity index is 2.52. The van der Waals surface area contributed by atoms with E-state index in [-0.39, 0.29) is 19.0 Å². The largest absolute Gasteiger partial charge is 0.416 e. The number of hydrogen-bond acceptors (Lipinski definition) is 2. The molecule has 0 aliphatic carbocycles. The van der Waals surface area contributed by atoms with Crippen LogP contribution in [-0.4, -0.2) is 30.9 Å². The van der Waals surface area contributed by atoms with Crippen LogP contribution >= 0.6 is 0 Å². The number of nitrogens with one attached hydrogen (secondary N) is 1. The fraction of sp³-hybridized carbons (Fsp3) is 0.357. The molecule has 0 fully saturated rings. The minimum atomic E-state index is -4.33. The van der Waals surface area contributed by atoms with Gasteiger partial charge in [0.15, 0.2) is 0 Å². The first-order valence-corrected chi connectivity index (χ1v) is 5.87. The number of alkyl halides is 3. The van der Waals surface area contributed by atoms with E-state index in [1.807, 2.05) is 0 Å². The van der Waals surface area contributed by atoms with Gasteiger partial charge in [-0.3, -0.25) is 9.69 Å². The van der Waals surface area contributed by atoms with Gasteiger partial charge in [-0.2, -0.15) is 13.2 Å². The normalized spacial score (nSPS) is 11.2. The van der Waals surface area contributed by atoms with E-state index in [0.29, 0.717) is 12.1 Å². The third-order valence-corrected chi connectivity index (χ3v) is 2.53. The summed E-state index contributed by atoms with van der Waals surface area (Å²) in [7, 11) is 1.70. The van der Waals surface area contributed by atoms with Crippen LogP contribution in [-0.2, 0) is 17.5 Å². The van der Waals surface area contributed by atoms with Crippen molar-refractivity contribution in [3.05, 3.63) is 35.4 Å². The van der Waals surface area contributed by atoms with Crippen LogP contribution < -0.4 is 5.32 Å². The molecule has 1 rings (SSSR count). The van der Waals surface area contributed by atoms with Crippen molar-refractivity contribution in [2.45, 2.75) is 12.7 Å². The number of amides is 1. The van der Waals surface area contributed by atoms with Gasteiger partial charge in [-0.05, 0) is 24.7 Å². The molecule has 108 valence electrons. The summed E-state index contributed by atoms with van der Waals surface area (Å²) >= 11 is 0. The number of rotatable bonds is 5. The van der Waals surface area contributed by atoms with E-state index in [0.717, 1.165) is 12.1 Å². The Kier molecular flexibility index (Phi) is 5.59. The van der Waals surface area contributed by atoms with Gasteiger partial charge in [-0.15, -0.1) is 6.42 Å². The summed E-state index contributed by atoms with van der Waals surface area (Å²) < 4.78 is 37.2. The lowest BCUT2D eigenvalue weighted by Crippen LogP contribution is -2.34. The smallest absolute Gasteiger partial charge is 0.344 e. The maximum Gasteiger partial charge on any atom is 0.416 e. The van der Waals surface area contributed by atoms with E-state index in [1.165, 1.54) is 12.1 Å². The minimum absolute atomic E-state index is 0.128. The van der Waals surface area contributed by atoms with E-state index < -0.39 is 11.7 Å². The van der Waals surface area contributed by atoms with Crippen molar-refractivity contribution < 1.29 is 18.0 Å². The molecule has 0 atom stereocenters. The van der Waals surface area contributed by atoms with Crippen molar-refractivity contribution >= 4 is 5.91 Å². The van der Waals surface area contributed by atoms with E-state index >= 15 is 0 Å². The highest BCUT2D eigenvalue weighted by molar-refractivity contribution is 5.78. The van der Waals surface area contributed by atoms with Crippen LogP contribution in [0.4, 0.5) is 13.2 Å². The van der Waals surface area contributed by atoms with Gasteiger partial charge in [0, 0.05) is 6.54 Å². The molecule has 1 amide bonds. The van der Waals surface area contributed by atoms with Crippen molar-refractivity contribution in [1.29, 1.82) is 0 Å². The zero-order valence-electron chi connectivity index (χ0n) is 11.0. The van der Waals surface area contributed by atoms with Gasteiger partial charge >= 0.3 is 6.18 Å². The van der Waals surface area contributed by atoms with Crippen LogP contribution in [0.1, 0.15) is 11.1 Å². The first-order valence-electron chi connectivity index (χ1n) is 5.87. The molecule has 1 N–H and O–H groups in total. The Hall–Kier alpha value is -2.00. The van der Waals surface area contributed by atoms with Crippen molar-refractivity contribution in [3.63, 3.8) is 0 Å². The standard InChI is InChI=1S/C14H15F3N2O/c1-3-8-18-13(20)10-19(2)9-11-4-6-12(7-5-11)14(15,16)17/h1,4-7H,8-10H2,2H3,(H,18,20). The number of halogens is 3. The molecular formula is C14H15F3N2O. The summed E-state index contributed by atoms with van der Waals surface area (Å²) in [5.41, 5.74) is 0.0147. The van der Waals surface area contributed by atoms with Crippen LogP contribution in [0.15, 0.2) is 24.3 Å². The quantitative estimate of drug-likeness (QED) is 0.837. The van der Waals surface area contributed by atoms with Gasteiger partial charge in [0.1, 0.15) is 0 Å². The maximum absolute atomic E-state index is 12.4. The van der Waals surface area contributed by atoms with Crippen LogP contribution in [0.5, 0.6) is 0 Å². The van der Waals surface area contributed by atoms with E-state index in [4.69, 9.17) is 6.42 Å². The molecule has 0 aromatic heterocycles. The van der Waals surface area contributed by atoms with Gasteiger partial charge in [-0.25, -0.2) is 0 Å². The van der Waals surface area contributed by atoms with Crippen molar-refractivity contribution in [1.82, 2.24) is 10.2 Å². The zero-order valence-corrected chi connectivity index (χ0v) is 11.0. The number of carbonyl (C=O) groups is 1. The van der Waals surface area contributed by atoms with Gasteiger partial charge < -0.3 is 5.32 Å². The highest BCUT2D eigenvalue weighted by Crippen LogP contribution is 2.29. The first kappa shape index (κ1) is 16.1. The monoisotopic (exact) mass is 284 g/mol. The summed E-state index contributed by atoms with van der Waals surface area (Å²) in [5, 5.41) is 2.51. The summed E-state index contributed by atoms with van der Waals surface area (Å²) in [6, 6.07) is 4.86. The molecule has 0 saturated carbocycles. The molecule has 0 heterocycles. The second-order valence-corrected chi connectivity index (χ2v) is 4.35. The molecule has 0 bridgehead atoms. The van der Waals surface area contributed by atoms with Crippen LogP contribution in [0.25, 0.3) is 0 Å². The topological polar surface area (TPSA) is 32.3 Å². The predicted molar refractivity (Wildman–Crippen MR) is 69.6 cm³/mol. The molecule has 1 aromatic rings. The lowest BCUT2D eigenvalue weighted by atomic mass is 10.1. The molecule has 0 unspecified atom stereocenters. The maximum atomic E-state index is 12.4. The van der Waals surface area contributed by atoms with Crippen molar-refractivity contribution in [2.24, 2.45) is 0 Å². The molecule has 0 aliphatic rings. The number of hydrogen-bond donors (Lipinski definition) is 1. The molecule has 3 nitrogen and oxygen atoms in total. The number of benzene rings is 1. The Labute approximate surface area is 115 Å². The predicted octanol–water partition coefficient (Wildman–Crippen LogP) is 1.89. The molecule has 1 aromatic carbocycles. The van der Waals surface area contributed by atoms with E-state index in [2.05, 4.69) is 11.2 Å². The van der Waals surface area contributed by atoms with Gasteiger partial charge in [-0.1, -0.05) is 18.1 Å². The van der Waals surface area contributed by atoms with Crippen molar-refractivity contribution in [2.75, 3.05) is 20.1 Å². The molecular weight excluding hydrogens is 269 g/mol. The molecule has 0 spiro atoms.